The van der Waals surface area contributed by atoms with Crippen LogP contribution < -0.4 is 5.32 Å². The monoisotopic (exact) mass is 556 g/mol. The van der Waals surface area contributed by atoms with Gasteiger partial charge in [-0.15, -0.1) is 11.3 Å². The number of aromatic nitrogens is 1. The van der Waals surface area contributed by atoms with Crippen LogP contribution in [0.25, 0.3) is 11.1 Å². The zero-order chi connectivity index (χ0) is 27.4. The Balaban J connectivity index is 1.18. The maximum atomic E-state index is 13.4. The van der Waals surface area contributed by atoms with Crippen LogP contribution >= 0.6 is 11.3 Å². The summed E-state index contributed by atoms with van der Waals surface area (Å²) in [4.78, 5) is 34.7. The fourth-order valence-electron chi connectivity index (χ4n) is 5.26. The van der Waals surface area contributed by atoms with E-state index in [4.69, 9.17) is 0 Å². The number of thiazole rings is 1. The Kier molecular flexibility index (Phi) is 8.32. The van der Waals surface area contributed by atoms with Gasteiger partial charge in [0.05, 0.1) is 10.6 Å². The minimum atomic E-state index is -4.41. The number of amides is 2. The van der Waals surface area contributed by atoms with Crippen molar-refractivity contribution in [1.29, 1.82) is 0 Å². The van der Waals surface area contributed by atoms with Crippen LogP contribution in [0.4, 0.5) is 13.2 Å². The van der Waals surface area contributed by atoms with Gasteiger partial charge >= 0.3 is 6.18 Å². The van der Waals surface area contributed by atoms with E-state index < -0.39 is 11.7 Å². The Hall–Kier alpha value is -3.24. The second-order valence-corrected chi connectivity index (χ2v) is 11.0. The molecule has 2 amide bonds. The molecule has 5 rings (SSSR count). The molecule has 3 heterocycles. The summed E-state index contributed by atoms with van der Waals surface area (Å²) in [5.74, 6) is -0.110. The molecule has 10 heteroatoms. The van der Waals surface area contributed by atoms with Crippen molar-refractivity contribution in [3.8, 4) is 11.1 Å². The number of rotatable bonds is 7. The SMILES string of the molecule is O=C(NCCN1CCCC1)c1csc(C2CCN(C(=O)c3ccccc3-c3ccc(C(F)(F)F)cc3)CC2)n1. The highest BCUT2D eigenvalue weighted by Gasteiger charge is 2.31. The van der Waals surface area contributed by atoms with Gasteiger partial charge < -0.3 is 15.1 Å². The highest BCUT2D eigenvalue weighted by Crippen LogP contribution is 2.34. The fourth-order valence-corrected chi connectivity index (χ4v) is 6.24. The van der Waals surface area contributed by atoms with E-state index in [1.807, 2.05) is 0 Å². The van der Waals surface area contributed by atoms with E-state index >= 15 is 0 Å². The molecule has 0 aliphatic carbocycles. The number of nitrogens with zero attached hydrogens (tertiary/aromatic N) is 3. The summed E-state index contributed by atoms with van der Waals surface area (Å²) in [7, 11) is 0. The Morgan fingerprint density at radius 2 is 1.67 bits per heavy atom. The summed E-state index contributed by atoms with van der Waals surface area (Å²) >= 11 is 1.49. The van der Waals surface area contributed by atoms with E-state index in [1.54, 1.807) is 34.5 Å². The smallest absolute Gasteiger partial charge is 0.349 e. The third-order valence-corrected chi connectivity index (χ3v) is 8.49. The van der Waals surface area contributed by atoms with Gasteiger partial charge in [0.1, 0.15) is 5.69 Å². The molecule has 206 valence electrons. The molecular formula is C29H31F3N4O2S. The zero-order valence-electron chi connectivity index (χ0n) is 21.5. The second kappa shape index (κ2) is 11.9. The van der Waals surface area contributed by atoms with E-state index in [1.165, 1.54) is 36.3 Å². The number of likely N-dealkylation sites (tertiary alicyclic amines) is 2. The molecule has 2 aliphatic heterocycles. The van der Waals surface area contributed by atoms with E-state index in [9.17, 15) is 22.8 Å². The first-order chi connectivity index (χ1) is 18.8. The Bertz CT molecular complexity index is 1290. The third kappa shape index (κ3) is 6.50. The summed E-state index contributed by atoms with van der Waals surface area (Å²) in [5, 5.41) is 5.68. The van der Waals surface area contributed by atoms with E-state index in [0.29, 0.717) is 42.0 Å². The molecule has 0 bridgehead atoms. The van der Waals surface area contributed by atoms with Gasteiger partial charge in [0.25, 0.3) is 11.8 Å². The topological polar surface area (TPSA) is 65.5 Å². The molecule has 0 saturated carbocycles. The highest BCUT2D eigenvalue weighted by molar-refractivity contribution is 7.09. The van der Waals surface area contributed by atoms with Gasteiger partial charge in [-0.1, -0.05) is 30.3 Å². The average molecular weight is 557 g/mol. The molecule has 0 atom stereocenters. The molecule has 0 spiro atoms. The number of benzene rings is 2. The number of alkyl halides is 3. The summed E-state index contributed by atoms with van der Waals surface area (Å²) in [6.45, 7) is 4.75. The quantitative estimate of drug-likeness (QED) is 0.407. The van der Waals surface area contributed by atoms with Gasteiger partial charge in [0.2, 0.25) is 0 Å². The van der Waals surface area contributed by atoms with Crippen molar-refractivity contribution >= 4 is 23.2 Å². The molecular weight excluding hydrogens is 525 g/mol. The van der Waals surface area contributed by atoms with Crippen molar-refractivity contribution in [2.45, 2.75) is 37.8 Å². The van der Waals surface area contributed by atoms with E-state index in [0.717, 1.165) is 49.6 Å². The van der Waals surface area contributed by atoms with Gasteiger partial charge in [-0.2, -0.15) is 13.2 Å². The molecule has 0 radical (unpaired) electrons. The van der Waals surface area contributed by atoms with Crippen molar-refractivity contribution in [3.63, 3.8) is 0 Å². The lowest BCUT2D eigenvalue weighted by Gasteiger charge is -2.31. The van der Waals surface area contributed by atoms with Crippen LogP contribution in [0.15, 0.2) is 53.9 Å². The van der Waals surface area contributed by atoms with Crippen LogP contribution in [-0.4, -0.2) is 65.9 Å². The second-order valence-electron chi connectivity index (χ2n) is 10.1. The number of halogens is 3. The van der Waals surface area contributed by atoms with Crippen molar-refractivity contribution in [2.75, 3.05) is 39.3 Å². The molecule has 0 unspecified atom stereocenters. The van der Waals surface area contributed by atoms with E-state index in [2.05, 4.69) is 15.2 Å². The van der Waals surface area contributed by atoms with Crippen LogP contribution in [0, 0.1) is 0 Å². The van der Waals surface area contributed by atoms with Crippen molar-refractivity contribution < 1.29 is 22.8 Å². The molecule has 2 aliphatic rings. The Labute approximate surface area is 229 Å². The molecule has 2 aromatic carbocycles. The Morgan fingerprint density at radius 3 is 2.36 bits per heavy atom. The summed E-state index contributed by atoms with van der Waals surface area (Å²) in [6, 6.07) is 11.9. The largest absolute Gasteiger partial charge is 0.416 e. The highest BCUT2D eigenvalue weighted by atomic mass is 32.1. The minimum absolute atomic E-state index is 0.138. The number of carbonyl (C=O) groups is 2. The summed E-state index contributed by atoms with van der Waals surface area (Å²) < 4.78 is 39.0. The van der Waals surface area contributed by atoms with Gasteiger partial charge in [-0.05, 0) is 68.1 Å². The van der Waals surface area contributed by atoms with Crippen LogP contribution in [0.3, 0.4) is 0 Å². The lowest BCUT2D eigenvalue weighted by atomic mass is 9.94. The van der Waals surface area contributed by atoms with E-state index in [-0.39, 0.29) is 17.7 Å². The standard InChI is InChI=1S/C29H31F3N4O2S/c30-29(31,32)22-9-7-20(8-10-22)23-5-1-2-6-24(23)28(38)36-16-11-21(12-17-36)27-34-25(19-39-27)26(37)33-13-18-35-14-3-4-15-35/h1-2,5-10,19,21H,3-4,11-18H2,(H,33,37). The van der Waals surface area contributed by atoms with Gasteiger partial charge in [0.15, 0.2) is 0 Å². The lowest BCUT2D eigenvalue weighted by Crippen LogP contribution is -2.38. The Morgan fingerprint density at radius 1 is 0.974 bits per heavy atom. The number of hydrogen-bond acceptors (Lipinski definition) is 5. The maximum absolute atomic E-state index is 13.4. The van der Waals surface area contributed by atoms with Crippen LogP contribution in [-0.2, 0) is 6.18 Å². The average Bonchev–Trinajstić information content (AvgIpc) is 3.65. The van der Waals surface area contributed by atoms with Crippen molar-refractivity contribution in [3.05, 3.63) is 75.7 Å². The number of hydrogen-bond donors (Lipinski definition) is 1. The van der Waals surface area contributed by atoms with Gasteiger partial charge in [-0.25, -0.2) is 4.98 Å². The molecule has 1 aromatic heterocycles. The first-order valence-electron chi connectivity index (χ1n) is 13.3. The molecule has 6 nitrogen and oxygen atoms in total. The van der Waals surface area contributed by atoms with Crippen molar-refractivity contribution in [2.24, 2.45) is 0 Å². The summed E-state index contributed by atoms with van der Waals surface area (Å²) in [5.41, 5.74) is 1.37. The molecule has 3 aromatic rings. The van der Waals surface area contributed by atoms with Gasteiger partial charge in [-0.3, -0.25) is 9.59 Å². The molecule has 2 saturated heterocycles. The third-order valence-electron chi connectivity index (χ3n) is 7.48. The molecule has 1 N–H and O–H groups in total. The minimum Gasteiger partial charge on any atom is -0.349 e. The van der Waals surface area contributed by atoms with Crippen LogP contribution in [0.2, 0.25) is 0 Å². The predicted molar refractivity (Wildman–Crippen MR) is 145 cm³/mol. The van der Waals surface area contributed by atoms with Crippen molar-refractivity contribution in [1.82, 2.24) is 20.1 Å². The number of carbonyl (C=O) groups excluding carboxylic acids is 2. The number of nitrogens with one attached hydrogen (secondary N) is 1. The zero-order valence-corrected chi connectivity index (χ0v) is 22.4. The fraction of sp³-hybridized carbons (Fsp3) is 0.414. The summed E-state index contributed by atoms with van der Waals surface area (Å²) in [6.07, 6.45) is -0.498. The first kappa shape index (κ1) is 27.3. The van der Waals surface area contributed by atoms with Gasteiger partial charge in [0, 0.05) is 43.0 Å². The maximum Gasteiger partial charge on any atom is 0.416 e. The van der Waals surface area contributed by atoms with Crippen LogP contribution in [0.5, 0.6) is 0 Å². The van der Waals surface area contributed by atoms with Crippen LogP contribution in [0.1, 0.15) is 63.0 Å². The molecule has 2 fully saturated rings. The molecule has 39 heavy (non-hydrogen) atoms. The number of piperidine rings is 1. The first-order valence-corrected chi connectivity index (χ1v) is 14.2. The normalized spacial score (nSPS) is 16.9. The lowest BCUT2D eigenvalue weighted by molar-refractivity contribution is -0.137. The predicted octanol–water partition coefficient (Wildman–Crippen LogP) is 5.67.